The molecule has 106 valence electrons. The lowest BCUT2D eigenvalue weighted by atomic mass is 10.0. The van der Waals surface area contributed by atoms with Crippen LogP contribution in [0.15, 0.2) is 24.3 Å². The number of hydrogen-bond acceptors (Lipinski definition) is 2. The molecule has 4 rings (SSSR count). The van der Waals surface area contributed by atoms with E-state index in [1.807, 2.05) is 18.2 Å². The van der Waals surface area contributed by atoms with Crippen molar-refractivity contribution in [1.82, 2.24) is 5.32 Å². The van der Waals surface area contributed by atoms with Crippen molar-refractivity contribution >= 4 is 11.6 Å². The second-order valence-corrected chi connectivity index (χ2v) is 6.73. The molecule has 1 aromatic rings. The van der Waals surface area contributed by atoms with Gasteiger partial charge in [0, 0.05) is 25.2 Å². The molecule has 3 fully saturated rings. The molecule has 0 spiro atoms. The molecule has 20 heavy (non-hydrogen) atoms. The van der Waals surface area contributed by atoms with Crippen LogP contribution in [0, 0.1) is 23.7 Å². The van der Waals surface area contributed by atoms with Gasteiger partial charge in [-0.15, -0.1) is 0 Å². The largest absolute Gasteiger partial charge is 0.326 e. The fourth-order valence-electron chi connectivity index (χ4n) is 4.81. The Bertz CT molecular complexity index is 526. The van der Waals surface area contributed by atoms with Crippen LogP contribution in [0.25, 0.3) is 0 Å². The topological polar surface area (TPSA) is 41.1 Å². The van der Waals surface area contributed by atoms with Gasteiger partial charge in [0.1, 0.15) is 0 Å². The number of fused-ring (bicyclic) bond motifs is 5. The standard InChI is InChI=1S/C17H22N2O/c1-10(20)19-14-5-3-2-4-13(14)9-18-17-15-11-6-7-12(8-11)16(15)17/h2-5,11-12,15-18H,6-9H2,1H3,(H,19,20). The first kappa shape index (κ1) is 12.4. The third-order valence-corrected chi connectivity index (χ3v) is 5.59. The Kier molecular flexibility index (Phi) is 2.84. The predicted molar refractivity (Wildman–Crippen MR) is 79.2 cm³/mol. The van der Waals surface area contributed by atoms with Gasteiger partial charge in [0.25, 0.3) is 0 Å². The second kappa shape index (κ2) is 4.59. The van der Waals surface area contributed by atoms with Crippen molar-refractivity contribution in [2.45, 2.75) is 38.8 Å². The highest BCUT2D eigenvalue weighted by Crippen LogP contribution is 2.65. The molecule has 3 aliphatic carbocycles. The van der Waals surface area contributed by atoms with Crippen LogP contribution in [0.1, 0.15) is 31.7 Å². The van der Waals surface area contributed by atoms with Crippen molar-refractivity contribution in [2.24, 2.45) is 23.7 Å². The first-order valence-corrected chi connectivity index (χ1v) is 7.83. The van der Waals surface area contributed by atoms with Gasteiger partial charge in [-0.2, -0.15) is 0 Å². The quantitative estimate of drug-likeness (QED) is 0.883. The molecular formula is C17H22N2O. The van der Waals surface area contributed by atoms with Gasteiger partial charge in [0.15, 0.2) is 0 Å². The van der Waals surface area contributed by atoms with E-state index in [4.69, 9.17) is 0 Å². The summed E-state index contributed by atoms with van der Waals surface area (Å²) in [5.41, 5.74) is 2.14. The van der Waals surface area contributed by atoms with Crippen LogP contribution in [0.3, 0.4) is 0 Å². The predicted octanol–water partition coefficient (Wildman–Crippen LogP) is 2.78. The molecule has 0 saturated heterocycles. The molecule has 1 aromatic carbocycles. The smallest absolute Gasteiger partial charge is 0.221 e. The van der Waals surface area contributed by atoms with E-state index < -0.39 is 0 Å². The molecule has 3 nitrogen and oxygen atoms in total. The summed E-state index contributed by atoms with van der Waals surface area (Å²) in [5, 5.41) is 6.66. The average molecular weight is 270 g/mol. The SMILES string of the molecule is CC(=O)Nc1ccccc1CNC1C2C3CCC(C3)C12. The lowest BCUT2D eigenvalue weighted by Gasteiger charge is -2.13. The van der Waals surface area contributed by atoms with E-state index in [2.05, 4.69) is 16.7 Å². The number of anilines is 1. The van der Waals surface area contributed by atoms with E-state index in [0.29, 0.717) is 0 Å². The summed E-state index contributed by atoms with van der Waals surface area (Å²) in [4.78, 5) is 11.2. The van der Waals surface area contributed by atoms with E-state index >= 15 is 0 Å². The van der Waals surface area contributed by atoms with Crippen LogP contribution < -0.4 is 10.6 Å². The van der Waals surface area contributed by atoms with Gasteiger partial charge in [-0.05, 0) is 54.6 Å². The lowest BCUT2D eigenvalue weighted by molar-refractivity contribution is -0.114. The van der Waals surface area contributed by atoms with Crippen LogP contribution in [0.4, 0.5) is 5.69 Å². The molecule has 3 aliphatic rings. The molecular weight excluding hydrogens is 248 g/mol. The Balaban J connectivity index is 1.40. The molecule has 3 saturated carbocycles. The maximum Gasteiger partial charge on any atom is 0.221 e. The first-order chi connectivity index (χ1) is 9.74. The minimum atomic E-state index is -0.00112. The molecule has 0 aliphatic heterocycles. The number of carbonyl (C=O) groups is 1. The van der Waals surface area contributed by atoms with Gasteiger partial charge in [0.05, 0.1) is 0 Å². The average Bonchev–Trinajstić information content (AvgIpc) is 2.81. The normalized spacial score (nSPS) is 36.8. The Morgan fingerprint density at radius 1 is 1.20 bits per heavy atom. The van der Waals surface area contributed by atoms with Crippen molar-refractivity contribution in [1.29, 1.82) is 0 Å². The number of hydrogen-bond donors (Lipinski definition) is 2. The van der Waals surface area contributed by atoms with Gasteiger partial charge in [-0.1, -0.05) is 18.2 Å². The summed E-state index contributed by atoms with van der Waals surface area (Å²) in [7, 11) is 0. The Labute approximate surface area is 120 Å². The summed E-state index contributed by atoms with van der Waals surface area (Å²) in [5.74, 6) is 3.93. The van der Waals surface area contributed by atoms with Gasteiger partial charge < -0.3 is 10.6 Å². The summed E-state index contributed by atoms with van der Waals surface area (Å²) in [6.45, 7) is 2.43. The third-order valence-electron chi connectivity index (χ3n) is 5.59. The monoisotopic (exact) mass is 270 g/mol. The fourth-order valence-corrected chi connectivity index (χ4v) is 4.81. The maximum atomic E-state index is 11.2. The van der Waals surface area contributed by atoms with Gasteiger partial charge in [-0.3, -0.25) is 4.79 Å². The van der Waals surface area contributed by atoms with E-state index in [9.17, 15) is 4.79 Å². The van der Waals surface area contributed by atoms with Crippen LogP contribution in [-0.4, -0.2) is 11.9 Å². The van der Waals surface area contributed by atoms with Crippen LogP contribution in [-0.2, 0) is 11.3 Å². The molecule has 3 heteroatoms. The zero-order chi connectivity index (χ0) is 13.7. The van der Waals surface area contributed by atoms with Crippen LogP contribution in [0.5, 0.6) is 0 Å². The zero-order valence-electron chi connectivity index (χ0n) is 11.9. The van der Waals surface area contributed by atoms with Crippen LogP contribution in [0.2, 0.25) is 0 Å². The number of nitrogens with one attached hydrogen (secondary N) is 2. The van der Waals surface area contributed by atoms with Crippen molar-refractivity contribution in [3.8, 4) is 0 Å². The first-order valence-electron chi connectivity index (χ1n) is 7.83. The highest BCUT2D eigenvalue weighted by Gasteiger charge is 2.64. The number of amides is 1. The number of para-hydroxylation sites is 1. The summed E-state index contributed by atoms with van der Waals surface area (Å²) in [6.07, 6.45) is 4.43. The van der Waals surface area contributed by atoms with Gasteiger partial charge in [-0.25, -0.2) is 0 Å². The van der Waals surface area contributed by atoms with Gasteiger partial charge in [0.2, 0.25) is 5.91 Å². The molecule has 1 amide bonds. The van der Waals surface area contributed by atoms with E-state index in [1.165, 1.54) is 24.8 Å². The number of carbonyl (C=O) groups excluding carboxylic acids is 1. The maximum absolute atomic E-state index is 11.2. The molecule has 0 radical (unpaired) electrons. The summed E-state index contributed by atoms with van der Waals surface area (Å²) < 4.78 is 0. The molecule has 0 aromatic heterocycles. The minimum Gasteiger partial charge on any atom is -0.326 e. The zero-order valence-corrected chi connectivity index (χ0v) is 11.9. The van der Waals surface area contributed by atoms with Crippen LogP contribution >= 0.6 is 0 Å². The highest BCUT2D eigenvalue weighted by molar-refractivity contribution is 5.89. The van der Waals surface area contributed by atoms with E-state index in [0.717, 1.165) is 41.9 Å². The summed E-state index contributed by atoms with van der Waals surface area (Å²) >= 11 is 0. The molecule has 2 N–H and O–H groups in total. The second-order valence-electron chi connectivity index (χ2n) is 6.73. The van der Waals surface area contributed by atoms with E-state index in [-0.39, 0.29) is 5.91 Å². The van der Waals surface area contributed by atoms with Crippen molar-refractivity contribution in [2.75, 3.05) is 5.32 Å². The summed E-state index contributed by atoms with van der Waals surface area (Å²) in [6, 6.07) is 8.84. The molecule has 2 bridgehead atoms. The van der Waals surface area contributed by atoms with Gasteiger partial charge >= 0.3 is 0 Å². The Hall–Kier alpha value is -1.35. The molecule has 4 unspecified atom stereocenters. The van der Waals surface area contributed by atoms with Crippen molar-refractivity contribution in [3.63, 3.8) is 0 Å². The van der Waals surface area contributed by atoms with Crippen molar-refractivity contribution in [3.05, 3.63) is 29.8 Å². The van der Waals surface area contributed by atoms with E-state index in [1.54, 1.807) is 6.92 Å². The minimum absolute atomic E-state index is 0.00112. The molecule has 4 atom stereocenters. The third kappa shape index (κ3) is 1.96. The van der Waals surface area contributed by atoms with Crippen molar-refractivity contribution < 1.29 is 4.79 Å². The number of rotatable bonds is 4. The molecule has 0 heterocycles. The number of benzene rings is 1. The fraction of sp³-hybridized carbons (Fsp3) is 0.588. The Morgan fingerprint density at radius 2 is 1.90 bits per heavy atom. The lowest BCUT2D eigenvalue weighted by Crippen LogP contribution is -2.23. The Morgan fingerprint density at radius 3 is 2.60 bits per heavy atom. The highest BCUT2D eigenvalue weighted by atomic mass is 16.1.